The predicted molar refractivity (Wildman–Crippen MR) is 111 cm³/mol. The van der Waals surface area contributed by atoms with Crippen LogP contribution in [0, 0.1) is 11.7 Å². The molecule has 4 rings (SSSR count). The number of carboxylic acids is 1. The molecule has 0 saturated carbocycles. The van der Waals surface area contributed by atoms with E-state index >= 15 is 0 Å². The van der Waals surface area contributed by atoms with Gasteiger partial charge >= 0.3 is 5.97 Å². The van der Waals surface area contributed by atoms with Crippen molar-refractivity contribution < 1.29 is 19.0 Å². The van der Waals surface area contributed by atoms with Crippen molar-refractivity contribution in [2.75, 3.05) is 26.2 Å². The summed E-state index contributed by atoms with van der Waals surface area (Å²) in [5.41, 5.74) is 2.07. The molecule has 1 saturated heterocycles. The van der Waals surface area contributed by atoms with Gasteiger partial charge in [-0.05, 0) is 60.8 Å². The second-order valence-corrected chi connectivity index (χ2v) is 9.10. The van der Waals surface area contributed by atoms with Gasteiger partial charge in [0.2, 0.25) is 0 Å². The van der Waals surface area contributed by atoms with E-state index in [9.17, 15) is 14.3 Å². The Morgan fingerprint density at radius 3 is 2.97 bits per heavy atom. The first-order valence-corrected chi connectivity index (χ1v) is 11.0. The van der Waals surface area contributed by atoms with Crippen LogP contribution in [0.25, 0.3) is 0 Å². The third kappa shape index (κ3) is 4.94. The summed E-state index contributed by atoms with van der Waals surface area (Å²) in [4.78, 5) is 15.3. The van der Waals surface area contributed by atoms with Crippen LogP contribution in [0.2, 0.25) is 5.02 Å². The normalized spacial score (nSPS) is 21.9. The first kappa shape index (κ1) is 20.7. The quantitative estimate of drug-likeness (QED) is 0.712. The van der Waals surface area contributed by atoms with Crippen LogP contribution in [0.15, 0.2) is 46.2 Å². The molecule has 0 radical (unpaired) electrons. The Hall–Kier alpha value is -1.60. The number of fused-ring (bicyclic) bond motifs is 2. The van der Waals surface area contributed by atoms with Gasteiger partial charge in [0, 0.05) is 34.3 Å². The molecular formula is C22H23ClFNO3S. The summed E-state index contributed by atoms with van der Waals surface area (Å²) in [7, 11) is 0. The van der Waals surface area contributed by atoms with Crippen LogP contribution in [0.5, 0.6) is 0 Å². The van der Waals surface area contributed by atoms with Crippen molar-refractivity contribution >= 4 is 29.3 Å². The van der Waals surface area contributed by atoms with Crippen LogP contribution in [-0.2, 0) is 16.0 Å². The van der Waals surface area contributed by atoms with E-state index in [-0.39, 0.29) is 17.8 Å². The minimum absolute atomic E-state index is 0.196. The molecule has 0 aliphatic carbocycles. The second kappa shape index (κ2) is 9.04. The van der Waals surface area contributed by atoms with Crippen LogP contribution < -0.4 is 0 Å². The number of aliphatic carboxylic acids is 1. The van der Waals surface area contributed by atoms with E-state index in [1.54, 1.807) is 23.9 Å². The molecule has 29 heavy (non-hydrogen) atoms. The van der Waals surface area contributed by atoms with E-state index in [1.807, 2.05) is 18.2 Å². The maximum absolute atomic E-state index is 13.9. The Balaban J connectivity index is 1.48. The molecule has 0 bridgehead atoms. The zero-order valence-electron chi connectivity index (χ0n) is 15.9. The SMILES string of the molecule is O=C(O)C1CCCN(CCO[C@@H]2Cc3cc(Cl)ccc3Sc3cc(F)ccc32)C1. The third-order valence-electron chi connectivity index (χ3n) is 5.55. The Bertz CT molecular complexity index is 910. The lowest BCUT2D eigenvalue weighted by Crippen LogP contribution is -2.40. The number of carboxylic acid groups (broad SMARTS) is 1. The number of ether oxygens (including phenoxy) is 1. The lowest BCUT2D eigenvalue weighted by atomic mass is 9.98. The van der Waals surface area contributed by atoms with Crippen LogP contribution >= 0.6 is 23.4 Å². The number of likely N-dealkylation sites (tertiary alicyclic amines) is 1. The topological polar surface area (TPSA) is 49.8 Å². The summed E-state index contributed by atoms with van der Waals surface area (Å²) in [6.07, 6.45) is 2.10. The average Bonchev–Trinajstić information content (AvgIpc) is 2.84. The molecule has 7 heteroatoms. The van der Waals surface area contributed by atoms with Gasteiger partial charge in [-0.25, -0.2) is 4.39 Å². The van der Waals surface area contributed by atoms with E-state index < -0.39 is 5.97 Å². The summed E-state index contributed by atoms with van der Waals surface area (Å²) in [5.74, 6) is -1.28. The molecule has 154 valence electrons. The molecule has 0 amide bonds. The van der Waals surface area contributed by atoms with E-state index in [0.717, 1.165) is 40.3 Å². The molecule has 2 heterocycles. The lowest BCUT2D eigenvalue weighted by molar-refractivity contribution is -0.143. The smallest absolute Gasteiger partial charge is 0.307 e. The molecule has 1 N–H and O–H groups in total. The highest BCUT2D eigenvalue weighted by Crippen LogP contribution is 2.43. The van der Waals surface area contributed by atoms with Crippen molar-refractivity contribution in [3.05, 3.63) is 58.4 Å². The maximum atomic E-state index is 13.9. The van der Waals surface area contributed by atoms with Crippen molar-refractivity contribution in [3.8, 4) is 0 Å². The van der Waals surface area contributed by atoms with Crippen molar-refractivity contribution in [2.45, 2.75) is 35.2 Å². The van der Waals surface area contributed by atoms with E-state index in [4.69, 9.17) is 16.3 Å². The van der Waals surface area contributed by atoms with E-state index in [2.05, 4.69) is 4.90 Å². The van der Waals surface area contributed by atoms with E-state index in [1.165, 1.54) is 6.07 Å². The van der Waals surface area contributed by atoms with Crippen LogP contribution in [0.1, 0.15) is 30.1 Å². The Morgan fingerprint density at radius 1 is 1.28 bits per heavy atom. The largest absolute Gasteiger partial charge is 0.481 e. The molecular weight excluding hydrogens is 413 g/mol. The van der Waals surface area contributed by atoms with Gasteiger partial charge in [-0.3, -0.25) is 4.79 Å². The standard InChI is InChI=1S/C22H23ClFNO3S/c23-16-3-6-20-15(10-16)11-19(18-5-4-17(24)12-21(18)29-20)28-9-8-25-7-1-2-14(13-25)22(26)27/h3-6,10,12,14,19H,1-2,7-9,11,13H2,(H,26,27)/t14?,19-/m1/s1. The Kier molecular flexibility index (Phi) is 6.44. The number of hydrogen-bond donors (Lipinski definition) is 1. The van der Waals surface area contributed by atoms with Crippen LogP contribution in [0.4, 0.5) is 4.39 Å². The number of benzene rings is 2. The fraction of sp³-hybridized carbons (Fsp3) is 0.409. The fourth-order valence-corrected chi connectivity index (χ4v) is 5.36. The van der Waals surface area contributed by atoms with Gasteiger partial charge in [-0.1, -0.05) is 29.4 Å². The fourth-order valence-electron chi connectivity index (χ4n) is 4.03. The molecule has 2 aromatic rings. The summed E-state index contributed by atoms with van der Waals surface area (Å²) in [5, 5.41) is 9.94. The average molecular weight is 436 g/mol. The van der Waals surface area contributed by atoms with Gasteiger partial charge in [0.1, 0.15) is 5.82 Å². The Labute approximate surface area is 179 Å². The van der Waals surface area contributed by atoms with Gasteiger partial charge in [0.15, 0.2) is 0 Å². The molecule has 2 aliphatic rings. The molecule has 4 nitrogen and oxygen atoms in total. The number of hydrogen-bond acceptors (Lipinski definition) is 4. The molecule has 2 aromatic carbocycles. The van der Waals surface area contributed by atoms with Crippen molar-refractivity contribution in [1.82, 2.24) is 4.90 Å². The van der Waals surface area contributed by atoms with Gasteiger partial charge in [-0.2, -0.15) is 0 Å². The molecule has 2 aliphatic heterocycles. The number of carbonyl (C=O) groups is 1. The first-order chi connectivity index (χ1) is 14.0. The monoisotopic (exact) mass is 435 g/mol. The number of piperidine rings is 1. The maximum Gasteiger partial charge on any atom is 0.307 e. The zero-order chi connectivity index (χ0) is 20.4. The number of rotatable bonds is 5. The molecule has 0 spiro atoms. The van der Waals surface area contributed by atoms with Crippen LogP contribution in [0.3, 0.4) is 0 Å². The summed E-state index contributed by atoms with van der Waals surface area (Å²) >= 11 is 7.74. The second-order valence-electron chi connectivity index (χ2n) is 7.58. The van der Waals surface area contributed by atoms with Gasteiger partial charge in [-0.15, -0.1) is 0 Å². The highest BCUT2D eigenvalue weighted by molar-refractivity contribution is 7.99. The van der Waals surface area contributed by atoms with Crippen molar-refractivity contribution in [3.63, 3.8) is 0 Å². The summed E-state index contributed by atoms with van der Waals surface area (Å²) in [6, 6.07) is 10.6. The highest BCUT2D eigenvalue weighted by atomic mass is 35.5. The van der Waals surface area contributed by atoms with Gasteiger partial charge in [0.25, 0.3) is 0 Å². The van der Waals surface area contributed by atoms with Crippen molar-refractivity contribution in [1.29, 1.82) is 0 Å². The van der Waals surface area contributed by atoms with Gasteiger partial charge in [0.05, 0.1) is 18.6 Å². The Morgan fingerprint density at radius 2 is 2.14 bits per heavy atom. The minimum atomic E-state index is -0.721. The number of nitrogens with zero attached hydrogens (tertiary/aromatic N) is 1. The molecule has 0 aromatic heterocycles. The lowest BCUT2D eigenvalue weighted by Gasteiger charge is -2.31. The zero-order valence-corrected chi connectivity index (χ0v) is 17.5. The molecule has 1 unspecified atom stereocenters. The summed E-state index contributed by atoms with van der Waals surface area (Å²) in [6.45, 7) is 2.65. The predicted octanol–water partition coefficient (Wildman–Crippen LogP) is 5.04. The number of halogens is 2. The summed E-state index contributed by atoms with van der Waals surface area (Å²) < 4.78 is 20.1. The van der Waals surface area contributed by atoms with Gasteiger partial charge < -0.3 is 14.7 Å². The minimum Gasteiger partial charge on any atom is -0.481 e. The first-order valence-electron chi connectivity index (χ1n) is 9.82. The van der Waals surface area contributed by atoms with Crippen LogP contribution in [-0.4, -0.2) is 42.2 Å². The van der Waals surface area contributed by atoms with Crippen molar-refractivity contribution in [2.24, 2.45) is 5.92 Å². The third-order valence-corrected chi connectivity index (χ3v) is 6.98. The highest BCUT2D eigenvalue weighted by Gasteiger charge is 2.27. The molecule has 2 atom stereocenters. The van der Waals surface area contributed by atoms with E-state index in [0.29, 0.717) is 31.1 Å². The molecule has 1 fully saturated rings.